The molecule has 0 aliphatic rings. The fourth-order valence-electron chi connectivity index (χ4n) is 1.62. The van der Waals surface area contributed by atoms with E-state index in [-0.39, 0.29) is 10.9 Å². The van der Waals surface area contributed by atoms with E-state index in [4.69, 9.17) is 4.74 Å². The summed E-state index contributed by atoms with van der Waals surface area (Å²) in [6.45, 7) is 3.37. The zero-order valence-corrected chi connectivity index (χ0v) is 11.6. The smallest absolute Gasteiger partial charge is 0.139 e. The number of rotatable bonds is 8. The van der Waals surface area contributed by atoms with Crippen molar-refractivity contribution in [3.63, 3.8) is 0 Å². The zero-order valence-electron chi connectivity index (χ0n) is 10.8. The van der Waals surface area contributed by atoms with Crippen LogP contribution in [0.3, 0.4) is 0 Å². The molecule has 0 bridgehead atoms. The summed E-state index contributed by atoms with van der Waals surface area (Å²) in [5.74, 6) is -0.0584. The molecule has 0 radical (unpaired) electrons. The van der Waals surface area contributed by atoms with Gasteiger partial charge in [0, 0.05) is 18.9 Å². The SMILES string of the molecule is CCCNC(COC)CS(=O)c1ccccc1F. The van der Waals surface area contributed by atoms with Crippen LogP contribution in [0.5, 0.6) is 0 Å². The lowest BCUT2D eigenvalue weighted by Gasteiger charge is -2.17. The molecule has 0 aromatic heterocycles. The largest absolute Gasteiger partial charge is 0.383 e. The molecule has 0 saturated heterocycles. The molecular weight excluding hydrogens is 253 g/mol. The van der Waals surface area contributed by atoms with Crippen LogP contribution >= 0.6 is 0 Å². The topological polar surface area (TPSA) is 38.3 Å². The van der Waals surface area contributed by atoms with Gasteiger partial charge in [0.05, 0.1) is 22.3 Å². The molecule has 1 aromatic rings. The van der Waals surface area contributed by atoms with Gasteiger partial charge in [-0.2, -0.15) is 0 Å². The van der Waals surface area contributed by atoms with Crippen LogP contribution in [0.25, 0.3) is 0 Å². The van der Waals surface area contributed by atoms with Crippen LogP contribution < -0.4 is 5.32 Å². The molecule has 0 spiro atoms. The van der Waals surface area contributed by atoms with Gasteiger partial charge >= 0.3 is 0 Å². The lowest BCUT2D eigenvalue weighted by molar-refractivity contribution is 0.173. The van der Waals surface area contributed by atoms with Gasteiger partial charge in [0.1, 0.15) is 5.82 Å². The number of ether oxygens (including phenoxy) is 1. The standard InChI is InChI=1S/C13H20FNO2S/c1-3-8-15-11(9-17-2)10-18(16)13-7-5-4-6-12(13)14/h4-7,11,15H,3,8-10H2,1-2H3. The second kappa shape index (κ2) is 8.34. The maximum Gasteiger partial charge on any atom is 0.139 e. The molecule has 1 aromatic carbocycles. The van der Waals surface area contributed by atoms with Gasteiger partial charge in [-0.05, 0) is 25.1 Å². The molecule has 0 heterocycles. The highest BCUT2D eigenvalue weighted by atomic mass is 32.2. The highest BCUT2D eigenvalue weighted by Crippen LogP contribution is 2.12. The maximum atomic E-state index is 13.5. The molecule has 3 nitrogen and oxygen atoms in total. The van der Waals surface area contributed by atoms with Crippen LogP contribution in [0.1, 0.15) is 13.3 Å². The highest BCUT2D eigenvalue weighted by molar-refractivity contribution is 7.85. The Labute approximate surface area is 110 Å². The number of hydrogen-bond acceptors (Lipinski definition) is 3. The summed E-state index contributed by atoms with van der Waals surface area (Å²) in [5.41, 5.74) is 0. The Balaban J connectivity index is 2.63. The first-order valence-electron chi connectivity index (χ1n) is 6.04. The minimum absolute atomic E-state index is 0.0182. The second-order valence-corrected chi connectivity index (χ2v) is 5.51. The molecule has 5 heteroatoms. The average molecular weight is 273 g/mol. The third-order valence-electron chi connectivity index (χ3n) is 2.49. The summed E-state index contributed by atoms with van der Waals surface area (Å²) in [5, 5.41) is 3.25. The van der Waals surface area contributed by atoms with E-state index in [2.05, 4.69) is 12.2 Å². The Morgan fingerprint density at radius 2 is 2.17 bits per heavy atom. The van der Waals surface area contributed by atoms with E-state index in [1.54, 1.807) is 25.3 Å². The van der Waals surface area contributed by atoms with Crippen molar-refractivity contribution >= 4 is 10.8 Å². The zero-order chi connectivity index (χ0) is 13.4. The number of hydrogen-bond donors (Lipinski definition) is 1. The monoisotopic (exact) mass is 273 g/mol. The first kappa shape index (κ1) is 15.3. The van der Waals surface area contributed by atoms with Crippen molar-refractivity contribution in [2.24, 2.45) is 0 Å². The van der Waals surface area contributed by atoms with Crippen molar-refractivity contribution in [2.75, 3.05) is 26.0 Å². The summed E-state index contributed by atoms with van der Waals surface area (Å²) in [6, 6.07) is 6.17. The molecule has 0 aliphatic carbocycles. The lowest BCUT2D eigenvalue weighted by atomic mass is 10.3. The summed E-state index contributed by atoms with van der Waals surface area (Å²) in [7, 11) is 0.256. The summed E-state index contributed by atoms with van der Waals surface area (Å²) >= 11 is 0. The van der Waals surface area contributed by atoms with Crippen molar-refractivity contribution < 1.29 is 13.3 Å². The van der Waals surface area contributed by atoms with Gasteiger partial charge in [-0.25, -0.2) is 4.39 Å². The summed E-state index contributed by atoms with van der Waals surface area (Å²) in [6.07, 6.45) is 0.993. The molecule has 0 aliphatic heterocycles. The molecular formula is C13H20FNO2S. The van der Waals surface area contributed by atoms with E-state index in [0.29, 0.717) is 12.4 Å². The first-order chi connectivity index (χ1) is 8.69. The minimum atomic E-state index is -1.35. The van der Waals surface area contributed by atoms with Crippen LogP contribution in [0, 0.1) is 5.82 Å². The number of methoxy groups -OCH3 is 1. The predicted molar refractivity (Wildman–Crippen MR) is 71.6 cm³/mol. The molecule has 1 rings (SSSR count). The Hall–Kier alpha value is -0.780. The Morgan fingerprint density at radius 3 is 2.78 bits per heavy atom. The van der Waals surface area contributed by atoms with Crippen molar-refractivity contribution in [1.82, 2.24) is 5.32 Å². The molecule has 0 saturated carbocycles. The maximum absolute atomic E-state index is 13.5. The third-order valence-corrected chi connectivity index (χ3v) is 4.01. The first-order valence-corrected chi connectivity index (χ1v) is 7.36. The van der Waals surface area contributed by atoms with Crippen molar-refractivity contribution in [3.8, 4) is 0 Å². The minimum Gasteiger partial charge on any atom is -0.383 e. The van der Waals surface area contributed by atoms with Crippen molar-refractivity contribution in [3.05, 3.63) is 30.1 Å². The molecule has 2 unspecified atom stereocenters. The van der Waals surface area contributed by atoms with Crippen LogP contribution in [-0.2, 0) is 15.5 Å². The molecule has 0 fully saturated rings. The molecule has 102 valence electrons. The van der Waals surface area contributed by atoms with E-state index in [9.17, 15) is 8.60 Å². The van der Waals surface area contributed by atoms with E-state index in [1.165, 1.54) is 6.07 Å². The predicted octanol–water partition coefficient (Wildman–Crippen LogP) is 1.95. The van der Waals surface area contributed by atoms with E-state index < -0.39 is 16.6 Å². The van der Waals surface area contributed by atoms with Crippen molar-refractivity contribution in [2.45, 2.75) is 24.3 Å². The number of nitrogens with one attached hydrogen (secondary N) is 1. The fraction of sp³-hybridized carbons (Fsp3) is 0.538. The molecule has 0 amide bonds. The molecule has 1 N–H and O–H groups in total. The average Bonchev–Trinajstić information content (AvgIpc) is 2.36. The van der Waals surface area contributed by atoms with Crippen LogP contribution in [-0.4, -0.2) is 36.3 Å². The summed E-state index contributed by atoms with van der Waals surface area (Å²) in [4.78, 5) is 0.261. The quantitative estimate of drug-likeness (QED) is 0.787. The number of benzene rings is 1. The van der Waals surface area contributed by atoms with E-state index in [0.717, 1.165) is 13.0 Å². The second-order valence-electron chi connectivity index (χ2n) is 4.05. The van der Waals surface area contributed by atoms with Gasteiger partial charge in [0.2, 0.25) is 0 Å². The normalized spacial score (nSPS) is 14.4. The van der Waals surface area contributed by atoms with E-state index in [1.807, 2.05) is 0 Å². The Kier molecular flexibility index (Phi) is 7.08. The summed E-state index contributed by atoms with van der Waals surface area (Å²) < 4.78 is 30.7. The van der Waals surface area contributed by atoms with Crippen molar-refractivity contribution in [1.29, 1.82) is 0 Å². The van der Waals surface area contributed by atoms with Gasteiger partial charge in [-0.1, -0.05) is 19.1 Å². The lowest BCUT2D eigenvalue weighted by Crippen LogP contribution is -2.38. The van der Waals surface area contributed by atoms with Gasteiger partial charge in [0.15, 0.2) is 0 Å². The molecule has 18 heavy (non-hydrogen) atoms. The van der Waals surface area contributed by atoms with Gasteiger partial charge in [0.25, 0.3) is 0 Å². The van der Waals surface area contributed by atoms with Crippen LogP contribution in [0.15, 0.2) is 29.2 Å². The van der Waals surface area contributed by atoms with Gasteiger partial charge < -0.3 is 10.1 Å². The van der Waals surface area contributed by atoms with E-state index >= 15 is 0 Å². The van der Waals surface area contributed by atoms with Crippen LogP contribution in [0.2, 0.25) is 0 Å². The third kappa shape index (κ3) is 4.84. The van der Waals surface area contributed by atoms with Gasteiger partial charge in [-0.3, -0.25) is 4.21 Å². The Bertz CT molecular complexity index is 387. The van der Waals surface area contributed by atoms with Gasteiger partial charge in [-0.15, -0.1) is 0 Å². The Morgan fingerprint density at radius 1 is 1.44 bits per heavy atom. The molecule has 2 atom stereocenters. The fourth-order valence-corrected chi connectivity index (χ4v) is 2.89. The highest BCUT2D eigenvalue weighted by Gasteiger charge is 2.15. The van der Waals surface area contributed by atoms with Crippen LogP contribution in [0.4, 0.5) is 4.39 Å². The number of halogens is 1.